The van der Waals surface area contributed by atoms with Crippen molar-refractivity contribution in [1.82, 2.24) is 4.90 Å². The van der Waals surface area contributed by atoms with Crippen molar-refractivity contribution < 1.29 is 19.1 Å². The maximum absolute atomic E-state index is 12.2. The van der Waals surface area contributed by atoms with Crippen LogP contribution in [-0.2, 0) is 9.53 Å². The maximum Gasteiger partial charge on any atom is 0.305 e. The van der Waals surface area contributed by atoms with Crippen LogP contribution in [0.2, 0.25) is 0 Å². The number of benzene rings is 1. The molecule has 0 fully saturated rings. The van der Waals surface area contributed by atoms with Crippen molar-refractivity contribution in [3.8, 4) is 0 Å². The average molecular weight is 327 g/mol. The van der Waals surface area contributed by atoms with Crippen LogP contribution in [0.25, 0.3) is 0 Å². The van der Waals surface area contributed by atoms with E-state index >= 15 is 0 Å². The third-order valence-electron chi connectivity index (χ3n) is 4.50. The van der Waals surface area contributed by atoms with E-state index in [4.69, 9.17) is 4.74 Å². The fraction of sp³-hybridized carbons (Fsp3) is 0.421. The van der Waals surface area contributed by atoms with Crippen LogP contribution in [0.1, 0.15) is 52.8 Å². The summed E-state index contributed by atoms with van der Waals surface area (Å²) >= 11 is 0. The number of allylic oxidation sites excluding steroid dienone is 2. The molecule has 126 valence electrons. The smallest absolute Gasteiger partial charge is 0.305 e. The second-order valence-electron chi connectivity index (χ2n) is 6.24. The highest BCUT2D eigenvalue weighted by molar-refractivity contribution is 6.21. The SMILES string of the molecule is O=C(CCCN1C(=O)c2ccccc2C1=O)OCC1CC=CCC1. The van der Waals surface area contributed by atoms with Gasteiger partial charge in [0.05, 0.1) is 17.7 Å². The highest BCUT2D eigenvalue weighted by Gasteiger charge is 2.34. The summed E-state index contributed by atoms with van der Waals surface area (Å²) in [5, 5.41) is 0. The zero-order valence-corrected chi connectivity index (χ0v) is 13.6. The molecular weight excluding hydrogens is 306 g/mol. The van der Waals surface area contributed by atoms with Gasteiger partial charge in [0, 0.05) is 13.0 Å². The first-order valence-corrected chi connectivity index (χ1v) is 8.42. The van der Waals surface area contributed by atoms with Crippen LogP contribution < -0.4 is 0 Å². The lowest BCUT2D eigenvalue weighted by Crippen LogP contribution is -2.31. The van der Waals surface area contributed by atoms with Crippen molar-refractivity contribution in [3.63, 3.8) is 0 Å². The molecule has 0 aromatic heterocycles. The Bertz CT molecular complexity index is 645. The molecule has 0 N–H and O–H groups in total. The first-order chi connectivity index (χ1) is 11.7. The van der Waals surface area contributed by atoms with Crippen LogP contribution in [0, 0.1) is 5.92 Å². The van der Waals surface area contributed by atoms with Gasteiger partial charge >= 0.3 is 5.97 Å². The molecule has 1 aromatic rings. The Kier molecular flexibility index (Phi) is 5.08. The largest absolute Gasteiger partial charge is 0.465 e. The van der Waals surface area contributed by atoms with E-state index in [0.717, 1.165) is 19.3 Å². The molecule has 1 aliphatic heterocycles. The molecule has 2 amide bonds. The molecule has 0 radical (unpaired) electrons. The van der Waals surface area contributed by atoms with Crippen molar-refractivity contribution in [2.24, 2.45) is 5.92 Å². The van der Waals surface area contributed by atoms with Gasteiger partial charge in [0.15, 0.2) is 0 Å². The third kappa shape index (κ3) is 3.55. The summed E-state index contributed by atoms with van der Waals surface area (Å²) in [5.41, 5.74) is 0.880. The fourth-order valence-electron chi connectivity index (χ4n) is 3.11. The molecule has 1 unspecified atom stereocenters. The zero-order chi connectivity index (χ0) is 16.9. The fourth-order valence-corrected chi connectivity index (χ4v) is 3.11. The van der Waals surface area contributed by atoms with Gasteiger partial charge in [0.1, 0.15) is 0 Å². The van der Waals surface area contributed by atoms with Crippen LogP contribution in [0.5, 0.6) is 0 Å². The molecule has 5 nitrogen and oxygen atoms in total. The number of ether oxygens (including phenoxy) is 1. The van der Waals surface area contributed by atoms with Crippen LogP contribution >= 0.6 is 0 Å². The van der Waals surface area contributed by atoms with Gasteiger partial charge in [-0.25, -0.2) is 0 Å². The Morgan fingerprint density at radius 3 is 2.46 bits per heavy atom. The van der Waals surface area contributed by atoms with Gasteiger partial charge < -0.3 is 4.74 Å². The minimum absolute atomic E-state index is 0.218. The molecule has 1 aromatic carbocycles. The van der Waals surface area contributed by atoms with Gasteiger partial charge in [0.2, 0.25) is 0 Å². The Balaban J connectivity index is 1.42. The monoisotopic (exact) mass is 327 g/mol. The van der Waals surface area contributed by atoms with Crippen molar-refractivity contribution in [3.05, 3.63) is 47.5 Å². The van der Waals surface area contributed by atoms with E-state index in [1.54, 1.807) is 24.3 Å². The molecule has 1 heterocycles. The zero-order valence-electron chi connectivity index (χ0n) is 13.6. The Hall–Kier alpha value is -2.43. The van der Waals surface area contributed by atoms with Crippen LogP contribution in [0.15, 0.2) is 36.4 Å². The number of esters is 1. The second kappa shape index (κ2) is 7.43. The molecule has 0 saturated carbocycles. The number of rotatable bonds is 6. The molecule has 2 aliphatic rings. The third-order valence-corrected chi connectivity index (χ3v) is 4.50. The van der Waals surface area contributed by atoms with Crippen molar-refractivity contribution in [2.45, 2.75) is 32.1 Å². The minimum Gasteiger partial charge on any atom is -0.465 e. The summed E-state index contributed by atoms with van der Waals surface area (Å²) in [4.78, 5) is 37.4. The Labute approximate surface area is 141 Å². The normalized spacial score (nSPS) is 19.5. The topological polar surface area (TPSA) is 63.7 Å². The van der Waals surface area contributed by atoms with Gasteiger partial charge in [-0.05, 0) is 43.7 Å². The number of carbonyl (C=O) groups is 3. The Morgan fingerprint density at radius 1 is 1.12 bits per heavy atom. The lowest BCUT2D eigenvalue weighted by molar-refractivity contribution is -0.145. The van der Waals surface area contributed by atoms with Gasteiger partial charge in [0.25, 0.3) is 11.8 Å². The van der Waals surface area contributed by atoms with E-state index in [1.165, 1.54) is 4.90 Å². The standard InChI is InChI=1S/C19H21NO4/c21-17(24-13-14-7-2-1-3-8-14)11-6-12-20-18(22)15-9-4-5-10-16(15)19(20)23/h1-2,4-5,9-10,14H,3,6-8,11-13H2. The van der Waals surface area contributed by atoms with Gasteiger partial charge in [-0.2, -0.15) is 0 Å². The average Bonchev–Trinajstić information content (AvgIpc) is 2.86. The molecule has 0 bridgehead atoms. The number of imide groups is 1. The quantitative estimate of drug-likeness (QED) is 0.458. The molecule has 24 heavy (non-hydrogen) atoms. The van der Waals surface area contributed by atoms with Crippen LogP contribution in [-0.4, -0.2) is 35.8 Å². The van der Waals surface area contributed by atoms with Crippen LogP contribution in [0.4, 0.5) is 0 Å². The maximum atomic E-state index is 12.2. The van der Waals surface area contributed by atoms with Crippen molar-refractivity contribution in [1.29, 1.82) is 0 Å². The van der Waals surface area contributed by atoms with E-state index in [1.807, 2.05) is 0 Å². The van der Waals surface area contributed by atoms with Gasteiger partial charge in [-0.3, -0.25) is 19.3 Å². The molecular formula is C19H21NO4. The second-order valence-corrected chi connectivity index (χ2v) is 6.24. The molecule has 1 atom stereocenters. The summed E-state index contributed by atoms with van der Waals surface area (Å²) in [6, 6.07) is 6.79. The van der Waals surface area contributed by atoms with Gasteiger partial charge in [-0.15, -0.1) is 0 Å². The van der Waals surface area contributed by atoms with Gasteiger partial charge in [-0.1, -0.05) is 24.3 Å². The highest BCUT2D eigenvalue weighted by Crippen LogP contribution is 2.23. The van der Waals surface area contributed by atoms with E-state index in [9.17, 15) is 14.4 Å². The number of amides is 2. The lowest BCUT2D eigenvalue weighted by atomic mass is 9.95. The molecule has 0 spiro atoms. The first-order valence-electron chi connectivity index (χ1n) is 8.42. The van der Waals surface area contributed by atoms with E-state index < -0.39 is 0 Å². The number of hydrogen-bond donors (Lipinski definition) is 0. The lowest BCUT2D eigenvalue weighted by Gasteiger charge is -2.17. The molecule has 0 saturated heterocycles. The first kappa shape index (κ1) is 16.4. The summed E-state index contributed by atoms with van der Waals surface area (Å²) in [6.45, 7) is 0.698. The van der Waals surface area contributed by atoms with Crippen molar-refractivity contribution in [2.75, 3.05) is 13.2 Å². The summed E-state index contributed by atoms with van der Waals surface area (Å²) in [5.74, 6) is -0.410. The predicted molar refractivity (Wildman–Crippen MR) is 88.5 cm³/mol. The van der Waals surface area contributed by atoms with E-state index in [-0.39, 0.29) is 30.7 Å². The summed E-state index contributed by atoms with van der Waals surface area (Å²) < 4.78 is 5.30. The minimum atomic E-state index is -0.280. The summed E-state index contributed by atoms with van der Waals surface area (Å²) in [7, 11) is 0. The number of fused-ring (bicyclic) bond motifs is 1. The molecule has 5 heteroatoms. The van der Waals surface area contributed by atoms with E-state index in [2.05, 4.69) is 12.2 Å². The number of hydrogen-bond acceptors (Lipinski definition) is 4. The van der Waals surface area contributed by atoms with Crippen molar-refractivity contribution >= 4 is 17.8 Å². The van der Waals surface area contributed by atoms with E-state index in [0.29, 0.717) is 30.1 Å². The molecule has 1 aliphatic carbocycles. The number of carbonyl (C=O) groups excluding carboxylic acids is 3. The van der Waals surface area contributed by atoms with Crippen LogP contribution in [0.3, 0.4) is 0 Å². The highest BCUT2D eigenvalue weighted by atomic mass is 16.5. The molecule has 3 rings (SSSR count). The summed E-state index contributed by atoms with van der Waals surface area (Å²) in [6.07, 6.45) is 7.98. The Morgan fingerprint density at radius 2 is 1.83 bits per heavy atom. The number of nitrogens with zero attached hydrogens (tertiary/aromatic N) is 1. The predicted octanol–water partition coefficient (Wildman–Crippen LogP) is 2.96.